The molecule has 5 aromatic carbocycles. The summed E-state index contributed by atoms with van der Waals surface area (Å²) in [5, 5.41) is 18.0. The molecule has 161 valence electrons. The van der Waals surface area contributed by atoms with E-state index in [9.17, 15) is 5.11 Å². The molecule has 1 N–H and O–H groups in total. The van der Waals surface area contributed by atoms with Gasteiger partial charge in [0, 0.05) is 0 Å². The van der Waals surface area contributed by atoms with Gasteiger partial charge in [-0.1, -0.05) is 72.8 Å². The number of hydrogen-bond donors (Lipinski definition) is 1. The second kappa shape index (κ2) is 6.93. The molecule has 6 rings (SSSR count). The second-order valence-corrected chi connectivity index (χ2v) is 10.1. The molecular weight excluding hydrogens is 403 g/mol. The molecule has 0 unspecified atom stereocenters. The molecule has 3 heteroatoms. The smallest absolute Gasteiger partial charge is 0.331 e. The van der Waals surface area contributed by atoms with Gasteiger partial charge in [-0.05, 0) is 93.8 Å². The molecule has 0 atom stereocenters. The van der Waals surface area contributed by atoms with Crippen molar-refractivity contribution in [3.63, 3.8) is 0 Å². The Balaban J connectivity index is 1.64. The van der Waals surface area contributed by atoms with Gasteiger partial charge in [0.2, 0.25) is 0 Å². The van der Waals surface area contributed by atoms with Crippen LogP contribution in [0.5, 0.6) is 0 Å². The summed E-state index contributed by atoms with van der Waals surface area (Å²) in [6, 6.07) is 28.4. The van der Waals surface area contributed by atoms with E-state index in [0.717, 1.165) is 10.8 Å². The third-order valence-electron chi connectivity index (χ3n) is 7.49. The standard InChI is InChI=1S/C30H26BO2/c1-29(2,32)30(3,4)33-31-27-17-25-23-15-9-14-22-18-10-5-6-11-19(18)26(28(22)23)16-24(25)20-12-7-8-13-21(20)27/h5-17,32H,1-4H3. The van der Waals surface area contributed by atoms with E-state index < -0.39 is 11.2 Å². The highest BCUT2D eigenvalue weighted by atomic mass is 16.5. The number of aliphatic hydroxyl groups is 1. The molecule has 0 aliphatic heterocycles. The molecule has 1 aliphatic carbocycles. The maximum atomic E-state index is 10.6. The van der Waals surface area contributed by atoms with Gasteiger partial charge in [0.1, 0.15) is 0 Å². The van der Waals surface area contributed by atoms with Crippen LogP contribution in [0.2, 0.25) is 0 Å². The minimum absolute atomic E-state index is 0.729. The van der Waals surface area contributed by atoms with Crippen LogP contribution < -0.4 is 5.46 Å². The van der Waals surface area contributed by atoms with E-state index in [-0.39, 0.29) is 0 Å². The number of benzene rings is 5. The predicted octanol–water partition coefficient (Wildman–Crippen LogP) is 6.60. The first-order chi connectivity index (χ1) is 15.8. The molecule has 2 nitrogen and oxygen atoms in total. The van der Waals surface area contributed by atoms with Crippen molar-refractivity contribution in [1.82, 2.24) is 0 Å². The topological polar surface area (TPSA) is 29.5 Å². The lowest BCUT2D eigenvalue weighted by atomic mass is 9.78. The molecule has 0 saturated carbocycles. The van der Waals surface area contributed by atoms with E-state index in [2.05, 4.69) is 78.9 Å². The maximum Gasteiger partial charge on any atom is 0.331 e. The molecule has 5 aromatic rings. The molecule has 0 saturated heterocycles. The maximum absolute atomic E-state index is 10.6. The van der Waals surface area contributed by atoms with Gasteiger partial charge in [0.05, 0.1) is 11.2 Å². The van der Waals surface area contributed by atoms with Crippen LogP contribution in [0.3, 0.4) is 0 Å². The van der Waals surface area contributed by atoms with Crippen molar-refractivity contribution >= 4 is 45.3 Å². The van der Waals surface area contributed by atoms with E-state index in [0.29, 0.717) is 0 Å². The van der Waals surface area contributed by atoms with Crippen molar-refractivity contribution in [2.45, 2.75) is 38.9 Å². The number of rotatable bonds is 4. The first kappa shape index (κ1) is 20.5. The molecule has 33 heavy (non-hydrogen) atoms. The van der Waals surface area contributed by atoms with Crippen LogP contribution in [-0.2, 0) is 4.65 Å². The summed E-state index contributed by atoms with van der Waals surface area (Å²) < 4.78 is 6.18. The zero-order valence-corrected chi connectivity index (χ0v) is 19.4. The van der Waals surface area contributed by atoms with E-state index in [1.165, 1.54) is 49.2 Å². The summed E-state index contributed by atoms with van der Waals surface area (Å²) in [4.78, 5) is 0. The minimum atomic E-state index is -0.975. The van der Waals surface area contributed by atoms with E-state index in [1.807, 2.05) is 21.3 Å². The summed E-state index contributed by atoms with van der Waals surface area (Å²) in [6.45, 7) is 7.40. The Morgan fingerprint density at radius 2 is 1.18 bits per heavy atom. The zero-order chi connectivity index (χ0) is 23.0. The first-order valence-corrected chi connectivity index (χ1v) is 11.5. The lowest BCUT2D eigenvalue weighted by Crippen LogP contribution is -2.49. The summed E-state index contributed by atoms with van der Waals surface area (Å²) in [6.07, 6.45) is 0. The highest BCUT2D eigenvalue weighted by molar-refractivity contribution is 6.53. The molecule has 0 aromatic heterocycles. The summed E-state index contributed by atoms with van der Waals surface area (Å²) in [5.74, 6) is 0. The normalized spacial score (nSPS) is 13.1. The summed E-state index contributed by atoms with van der Waals surface area (Å²) in [7, 11) is 1.82. The molecule has 0 bridgehead atoms. The van der Waals surface area contributed by atoms with Gasteiger partial charge in [-0.2, -0.15) is 0 Å². The van der Waals surface area contributed by atoms with Crippen molar-refractivity contribution < 1.29 is 9.76 Å². The lowest BCUT2D eigenvalue weighted by molar-refractivity contribution is -0.0893. The lowest BCUT2D eigenvalue weighted by Gasteiger charge is -2.37. The van der Waals surface area contributed by atoms with Gasteiger partial charge in [-0.25, -0.2) is 0 Å². The summed E-state index contributed by atoms with van der Waals surface area (Å²) >= 11 is 0. The van der Waals surface area contributed by atoms with Crippen LogP contribution in [0.15, 0.2) is 78.9 Å². The molecule has 1 radical (unpaired) electrons. The summed E-state index contributed by atoms with van der Waals surface area (Å²) in [5.41, 5.74) is 4.54. The van der Waals surface area contributed by atoms with Gasteiger partial charge in [-0.15, -0.1) is 0 Å². The number of fused-ring (bicyclic) bond motifs is 7. The van der Waals surface area contributed by atoms with Gasteiger partial charge >= 0.3 is 7.48 Å². The third kappa shape index (κ3) is 2.96. The Morgan fingerprint density at radius 3 is 1.91 bits per heavy atom. The van der Waals surface area contributed by atoms with E-state index in [1.54, 1.807) is 13.8 Å². The van der Waals surface area contributed by atoms with Crippen molar-refractivity contribution in [3.8, 4) is 22.3 Å². The fourth-order valence-electron chi connectivity index (χ4n) is 4.93. The van der Waals surface area contributed by atoms with Gasteiger partial charge < -0.3 is 9.76 Å². The molecule has 0 fully saturated rings. The first-order valence-electron chi connectivity index (χ1n) is 11.5. The second-order valence-electron chi connectivity index (χ2n) is 10.1. The monoisotopic (exact) mass is 429 g/mol. The van der Waals surface area contributed by atoms with Crippen molar-refractivity contribution in [3.05, 3.63) is 78.9 Å². The van der Waals surface area contributed by atoms with Gasteiger partial charge in [-0.3, -0.25) is 0 Å². The van der Waals surface area contributed by atoms with Gasteiger partial charge in [0.15, 0.2) is 0 Å². The molecule has 0 heterocycles. The third-order valence-corrected chi connectivity index (χ3v) is 7.49. The highest BCUT2D eigenvalue weighted by Crippen LogP contribution is 2.49. The highest BCUT2D eigenvalue weighted by Gasteiger charge is 2.36. The van der Waals surface area contributed by atoms with Crippen molar-refractivity contribution in [2.75, 3.05) is 0 Å². The molecule has 0 amide bonds. The van der Waals surface area contributed by atoms with Crippen molar-refractivity contribution in [1.29, 1.82) is 0 Å². The van der Waals surface area contributed by atoms with Crippen LogP contribution >= 0.6 is 0 Å². The zero-order valence-electron chi connectivity index (χ0n) is 19.4. The number of hydrogen-bond acceptors (Lipinski definition) is 2. The fourth-order valence-corrected chi connectivity index (χ4v) is 4.93. The Bertz CT molecular complexity index is 1570. The Kier molecular flexibility index (Phi) is 4.30. The average molecular weight is 429 g/mol. The van der Waals surface area contributed by atoms with Crippen LogP contribution in [0.25, 0.3) is 54.6 Å². The van der Waals surface area contributed by atoms with Crippen LogP contribution in [0.4, 0.5) is 0 Å². The van der Waals surface area contributed by atoms with Crippen molar-refractivity contribution in [2.24, 2.45) is 0 Å². The average Bonchev–Trinajstić information content (AvgIpc) is 3.12. The van der Waals surface area contributed by atoms with E-state index >= 15 is 0 Å². The van der Waals surface area contributed by atoms with Crippen LogP contribution in [0, 0.1) is 0 Å². The quantitative estimate of drug-likeness (QED) is 0.253. The largest absolute Gasteiger partial charge is 0.427 e. The van der Waals surface area contributed by atoms with E-state index in [4.69, 9.17) is 4.65 Å². The fraction of sp³-hybridized carbons (Fsp3) is 0.200. The van der Waals surface area contributed by atoms with Gasteiger partial charge in [0.25, 0.3) is 0 Å². The molecule has 1 aliphatic rings. The molecular formula is C30H26BO2. The Hall–Kier alpha value is -3.14. The molecule has 0 spiro atoms. The van der Waals surface area contributed by atoms with Crippen LogP contribution in [0.1, 0.15) is 27.7 Å². The Morgan fingerprint density at radius 1 is 0.606 bits per heavy atom. The SMILES string of the molecule is CC(C)(O)C(C)(C)O[B]c1cc2c3cccc4c3c(cc2c2ccccc12)-c1ccccc1-4. The Labute approximate surface area is 195 Å². The van der Waals surface area contributed by atoms with Crippen LogP contribution in [-0.4, -0.2) is 23.8 Å². The predicted molar refractivity (Wildman–Crippen MR) is 140 cm³/mol. The minimum Gasteiger partial charge on any atom is -0.427 e.